The van der Waals surface area contributed by atoms with Crippen molar-refractivity contribution >= 4 is 52.2 Å². The molecular formula is C27H23ClN2O4S. The first-order valence-corrected chi connectivity index (χ1v) is 12.1. The molecule has 0 saturated carbocycles. The van der Waals surface area contributed by atoms with E-state index >= 15 is 0 Å². The van der Waals surface area contributed by atoms with Gasteiger partial charge >= 0.3 is 5.97 Å². The largest absolute Gasteiger partial charge is 0.488 e. The highest BCUT2D eigenvalue weighted by Gasteiger charge is 2.32. The minimum absolute atomic E-state index is 0.138. The fourth-order valence-electron chi connectivity index (χ4n) is 3.44. The summed E-state index contributed by atoms with van der Waals surface area (Å²) in [6, 6.07) is 21.8. The summed E-state index contributed by atoms with van der Waals surface area (Å²) >= 11 is 7.53. The Morgan fingerprint density at radius 3 is 2.63 bits per heavy atom. The third-order valence-electron chi connectivity index (χ3n) is 5.24. The zero-order chi connectivity index (χ0) is 24.8. The number of thioether (sulfide) groups is 1. The molecule has 3 aromatic carbocycles. The molecule has 4 rings (SSSR count). The highest BCUT2D eigenvalue weighted by atomic mass is 35.5. The number of esters is 1. The molecule has 0 radical (unpaired) electrons. The van der Waals surface area contributed by atoms with E-state index in [9.17, 15) is 9.59 Å². The van der Waals surface area contributed by atoms with Crippen LogP contribution in [0.25, 0.3) is 6.08 Å². The smallest absolute Gasteiger partial charge is 0.337 e. The van der Waals surface area contributed by atoms with Gasteiger partial charge in [-0.1, -0.05) is 54.1 Å². The molecule has 0 bridgehead atoms. The molecule has 1 fully saturated rings. The van der Waals surface area contributed by atoms with Crippen LogP contribution in [-0.4, -0.2) is 35.6 Å². The number of hydrogen-bond donors (Lipinski definition) is 0. The van der Waals surface area contributed by atoms with Crippen LogP contribution >= 0.6 is 23.4 Å². The van der Waals surface area contributed by atoms with Crippen molar-refractivity contribution in [2.45, 2.75) is 13.5 Å². The fraction of sp³-hybridized carbons (Fsp3) is 0.148. The van der Waals surface area contributed by atoms with Crippen molar-refractivity contribution in [2.24, 2.45) is 4.99 Å². The van der Waals surface area contributed by atoms with Crippen molar-refractivity contribution in [1.82, 2.24) is 4.90 Å². The highest BCUT2D eigenvalue weighted by Crippen LogP contribution is 2.35. The van der Waals surface area contributed by atoms with Gasteiger partial charge in [-0.05, 0) is 55.1 Å². The van der Waals surface area contributed by atoms with Crippen LogP contribution in [0.3, 0.4) is 0 Å². The molecule has 0 aromatic heterocycles. The van der Waals surface area contributed by atoms with Crippen LogP contribution in [0.5, 0.6) is 5.75 Å². The number of aliphatic imine (C=N–C) groups is 1. The van der Waals surface area contributed by atoms with Crippen molar-refractivity contribution in [3.05, 3.63) is 99.4 Å². The number of hydrogen-bond acceptors (Lipinski definition) is 6. The Morgan fingerprint density at radius 1 is 1.09 bits per heavy atom. The molecule has 6 nitrogen and oxygen atoms in total. The molecule has 8 heteroatoms. The number of ether oxygens (including phenoxy) is 2. The maximum absolute atomic E-state index is 13.1. The van der Waals surface area contributed by atoms with Crippen molar-refractivity contribution in [3.63, 3.8) is 0 Å². The molecule has 0 aliphatic carbocycles. The van der Waals surface area contributed by atoms with E-state index in [1.165, 1.54) is 18.9 Å². The monoisotopic (exact) mass is 506 g/mol. The Labute approximate surface area is 213 Å². The lowest BCUT2D eigenvalue weighted by atomic mass is 10.1. The number of para-hydroxylation sites is 1. The van der Waals surface area contributed by atoms with E-state index in [2.05, 4.69) is 4.99 Å². The zero-order valence-electron chi connectivity index (χ0n) is 19.2. The van der Waals surface area contributed by atoms with Gasteiger partial charge in [0.1, 0.15) is 12.4 Å². The number of halogens is 1. The normalized spacial score (nSPS) is 15.6. The average Bonchev–Trinajstić information content (AvgIpc) is 3.17. The maximum atomic E-state index is 13.1. The van der Waals surface area contributed by atoms with Gasteiger partial charge in [0, 0.05) is 22.7 Å². The Balaban J connectivity index is 1.59. The molecule has 35 heavy (non-hydrogen) atoms. The standard InChI is InChI=1S/C27H23ClN2O4S/c1-3-30-25(31)24(35-27(30)29-21-12-8-11-19(15-21)26(32)33-2)16-18-9-5-7-14-23(18)34-17-20-10-4-6-13-22(20)28/h4-16H,3,17H2,1-2H3. The third-order valence-corrected chi connectivity index (χ3v) is 6.62. The number of rotatable bonds is 7. The Kier molecular flexibility index (Phi) is 7.90. The van der Waals surface area contributed by atoms with E-state index < -0.39 is 5.97 Å². The predicted molar refractivity (Wildman–Crippen MR) is 140 cm³/mol. The summed E-state index contributed by atoms with van der Waals surface area (Å²) in [6.45, 7) is 2.66. The Bertz CT molecular complexity index is 1320. The number of methoxy groups -OCH3 is 1. The molecule has 1 heterocycles. The average molecular weight is 507 g/mol. The number of nitrogens with zero attached hydrogens (tertiary/aromatic N) is 2. The van der Waals surface area contributed by atoms with Crippen LogP contribution in [0.4, 0.5) is 5.69 Å². The van der Waals surface area contributed by atoms with E-state index in [4.69, 9.17) is 21.1 Å². The lowest BCUT2D eigenvalue weighted by Crippen LogP contribution is -2.28. The summed E-state index contributed by atoms with van der Waals surface area (Å²) < 4.78 is 10.8. The first-order valence-electron chi connectivity index (χ1n) is 10.9. The zero-order valence-corrected chi connectivity index (χ0v) is 20.8. The fourth-order valence-corrected chi connectivity index (χ4v) is 4.69. The molecule has 1 amide bonds. The SMILES string of the molecule is CCN1C(=O)C(=Cc2ccccc2OCc2ccccc2Cl)SC1=Nc1cccc(C(=O)OC)c1. The number of carbonyl (C=O) groups is 2. The molecule has 178 valence electrons. The van der Waals surface area contributed by atoms with Crippen molar-refractivity contribution in [3.8, 4) is 5.75 Å². The predicted octanol–water partition coefficient (Wildman–Crippen LogP) is 6.33. The van der Waals surface area contributed by atoms with Crippen molar-refractivity contribution in [2.75, 3.05) is 13.7 Å². The van der Waals surface area contributed by atoms with Crippen LogP contribution in [-0.2, 0) is 16.1 Å². The number of amidine groups is 1. The number of likely N-dealkylation sites (N-methyl/N-ethyl adjacent to an activating group) is 1. The number of amides is 1. The molecular weight excluding hydrogens is 484 g/mol. The first-order chi connectivity index (χ1) is 17.0. The van der Waals surface area contributed by atoms with E-state index in [1.54, 1.807) is 29.2 Å². The van der Waals surface area contributed by atoms with Gasteiger partial charge in [0.2, 0.25) is 0 Å². The third kappa shape index (κ3) is 5.75. The molecule has 0 spiro atoms. The number of benzene rings is 3. The van der Waals surface area contributed by atoms with Gasteiger partial charge in [-0.2, -0.15) is 0 Å². The van der Waals surface area contributed by atoms with Gasteiger partial charge < -0.3 is 9.47 Å². The molecule has 0 unspecified atom stereocenters. The second kappa shape index (κ2) is 11.3. The lowest BCUT2D eigenvalue weighted by molar-refractivity contribution is -0.122. The highest BCUT2D eigenvalue weighted by molar-refractivity contribution is 8.18. The molecule has 0 atom stereocenters. The molecule has 1 aliphatic rings. The Hall–Kier alpha value is -3.55. The summed E-state index contributed by atoms with van der Waals surface area (Å²) in [5.41, 5.74) is 2.61. The van der Waals surface area contributed by atoms with Gasteiger partial charge in [0.05, 0.1) is 23.3 Å². The van der Waals surface area contributed by atoms with Crippen LogP contribution < -0.4 is 4.74 Å². The van der Waals surface area contributed by atoms with Gasteiger partial charge in [0.15, 0.2) is 5.17 Å². The molecule has 1 aliphatic heterocycles. The summed E-state index contributed by atoms with van der Waals surface area (Å²) in [6.07, 6.45) is 1.81. The minimum atomic E-state index is -0.441. The Morgan fingerprint density at radius 2 is 1.86 bits per heavy atom. The summed E-state index contributed by atoms with van der Waals surface area (Å²) in [5, 5.41) is 1.18. The summed E-state index contributed by atoms with van der Waals surface area (Å²) in [7, 11) is 1.33. The molecule has 3 aromatic rings. The first kappa shape index (κ1) is 24.6. The van der Waals surface area contributed by atoms with Crippen LogP contribution in [0.2, 0.25) is 5.02 Å². The second-order valence-electron chi connectivity index (χ2n) is 7.51. The van der Waals surface area contributed by atoms with Gasteiger partial charge in [-0.3, -0.25) is 9.69 Å². The van der Waals surface area contributed by atoms with E-state index in [1.807, 2.05) is 61.5 Å². The topological polar surface area (TPSA) is 68.2 Å². The number of carbonyl (C=O) groups excluding carboxylic acids is 2. The van der Waals surface area contributed by atoms with Gasteiger partial charge in [-0.25, -0.2) is 9.79 Å². The van der Waals surface area contributed by atoms with E-state index in [-0.39, 0.29) is 5.91 Å². The minimum Gasteiger partial charge on any atom is -0.488 e. The summed E-state index contributed by atoms with van der Waals surface area (Å²) in [4.78, 5) is 31.7. The van der Waals surface area contributed by atoms with E-state index in [0.717, 1.165) is 11.1 Å². The molecule has 0 N–H and O–H groups in total. The van der Waals surface area contributed by atoms with Crippen LogP contribution in [0.15, 0.2) is 82.7 Å². The maximum Gasteiger partial charge on any atom is 0.337 e. The van der Waals surface area contributed by atoms with Gasteiger partial charge in [-0.15, -0.1) is 0 Å². The quantitative estimate of drug-likeness (QED) is 0.276. The molecule has 1 saturated heterocycles. The van der Waals surface area contributed by atoms with Crippen LogP contribution in [0.1, 0.15) is 28.4 Å². The van der Waals surface area contributed by atoms with Crippen LogP contribution in [0, 0.1) is 0 Å². The van der Waals surface area contributed by atoms with E-state index in [0.29, 0.717) is 45.2 Å². The summed E-state index contributed by atoms with van der Waals surface area (Å²) in [5.74, 6) is 0.0670. The lowest BCUT2D eigenvalue weighted by Gasteiger charge is -2.12. The van der Waals surface area contributed by atoms with Crippen molar-refractivity contribution in [1.29, 1.82) is 0 Å². The second-order valence-corrected chi connectivity index (χ2v) is 8.93. The van der Waals surface area contributed by atoms with Crippen molar-refractivity contribution < 1.29 is 19.1 Å². The van der Waals surface area contributed by atoms with Gasteiger partial charge in [0.25, 0.3) is 5.91 Å².